The van der Waals surface area contributed by atoms with Crippen LogP contribution in [0.3, 0.4) is 0 Å². The highest BCUT2D eigenvalue weighted by Crippen LogP contribution is 2.25. The summed E-state index contributed by atoms with van der Waals surface area (Å²) in [6.45, 7) is 9.41. The van der Waals surface area contributed by atoms with Crippen molar-refractivity contribution in [2.75, 3.05) is 18.8 Å². The van der Waals surface area contributed by atoms with E-state index in [9.17, 15) is 9.90 Å². The third kappa shape index (κ3) is 4.66. The van der Waals surface area contributed by atoms with Crippen LogP contribution >= 0.6 is 0 Å². The van der Waals surface area contributed by atoms with E-state index in [1.165, 1.54) is 0 Å². The zero-order chi connectivity index (χ0) is 17.9. The Balaban J connectivity index is 1.92. The molecule has 1 aromatic rings. The van der Waals surface area contributed by atoms with Crippen molar-refractivity contribution in [2.45, 2.75) is 59.5 Å². The van der Waals surface area contributed by atoms with E-state index in [2.05, 4.69) is 23.8 Å². The molecular weight excluding hydrogens is 304 g/mol. The Labute approximate surface area is 144 Å². The molecule has 6 heteroatoms. The predicted molar refractivity (Wildman–Crippen MR) is 94.4 cm³/mol. The van der Waals surface area contributed by atoms with Gasteiger partial charge in [-0.15, -0.1) is 0 Å². The quantitative estimate of drug-likeness (QED) is 0.857. The summed E-state index contributed by atoms with van der Waals surface area (Å²) in [6, 6.07) is 0. The molecule has 6 nitrogen and oxygen atoms in total. The molecule has 0 radical (unpaired) electrons. The van der Waals surface area contributed by atoms with Crippen molar-refractivity contribution in [1.29, 1.82) is 0 Å². The molecule has 1 aliphatic heterocycles. The summed E-state index contributed by atoms with van der Waals surface area (Å²) in [5.74, 6) is 1.16. The Hall–Kier alpha value is -1.69. The monoisotopic (exact) mass is 334 g/mol. The molecule has 0 aliphatic carbocycles. The lowest BCUT2D eigenvalue weighted by Gasteiger charge is -2.35. The van der Waals surface area contributed by atoms with Gasteiger partial charge in [-0.1, -0.05) is 13.8 Å². The van der Waals surface area contributed by atoms with E-state index < -0.39 is 0 Å². The highest BCUT2D eigenvalue weighted by atomic mass is 16.3. The first-order valence-electron chi connectivity index (χ1n) is 8.83. The van der Waals surface area contributed by atoms with Crippen molar-refractivity contribution < 1.29 is 9.90 Å². The van der Waals surface area contributed by atoms with Crippen LogP contribution in [0.15, 0.2) is 0 Å². The fourth-order valence-electron chi connectivity index (χ4n) is 3.49. The van der Waals surface area contributed by atoms with E-state index in [0.29, 0.717) is 31.3 Å². The van der Waals surface area contributed by atoms with E-state index in [1.807, 2.05) is 18.7 Å². The van der Waals surface area contributed by atoms with Gasteiger partial charge in [-0.25, -0.2) is 9.97 Å². The number of carbonyl (C=O) groups is 1. The maximum Gasteiger partial charge on any atom is 0.227 e. The molecule has 1 amide bonds. The number of amides is 1. The Morgan fingerprint density at radius 2 is 1.79 bits per heavy atom. The fourth-order valence-corrected chi connectivity index (χ4v) is 3.49. The maximum atomic E-state index is 12.6. The molecule has 1 fully saturated rings. The highest BCUT2D eigenvalue weighted by Gasteiger charge is 2.28. The lowest BCUT2D eigenvalue weighted by molar-refractivity contribution is -0.132. The van der Waals surface area contributed by atoms with Crippen LogP contribution in [0.25, 0.3) is 0 Å². The normalized spacial score (nSPS) is 17.3. The minimum absolute atomic E-state index is 0.103. The van der Waals surface area contributed by atoms with E-state index in [0.717, 1.165) is 36.2 Å². The van der Waals surface area contributed by atoms with Gasteiger partial charge in [0.2, 0.25) is 11.9 Å². The van der Waals surface area contributed by atoms with Crippen LogP contribution < -0.4 is 5.73 Å². The highest BCUT2D eigenvalue weighted by molar-refractivity contribution is 5.79. The second kappa shape index (κ2) is 7.92. The number of aliphatic hydroxyl groups excluding tert-OH is 1. The van der Waals surface area contributed by atoms with Crippen LogP contribution in [0.4, 0.5) is 5.95 Å². The first-order valence-corrected chi connectivity index (χ1v) is 8.83. The van der Waals surface area contributed by atoms with Gasteiger partial charge in [-0.3, -0.25) is 4.79 Å². The molecule has 134 valence electrons. The van der Waals surface area contributed by atoms with E-state index in [-0.39, 0.29) is 18.0 Å². The molecule has 2 heterocycles. The van der Waals surface area contributed by atoms with Crippen LogP contribution in [0.5, 0.6) is 0 Å². The second-order valence-corrected chi connectivity index (χ2v) is 7.32. The molecule has 1 atom stereocenters. The number of anilines is 1. The number of piperidine rings is 1. The summed E-state index contributed by atoms with van der Waals surface area (Å²) in [7, 11) is 0. The minimum Gasteiger partial charge on any atom is -0.393 e. The molecule has 24 heavy (non-hydrogen) atoms. The number of aryl methyl sites for hydroxylation is 2. The Morgan fingerprint density at radius 1 is 1.25 bits per heavy atom. The largest absolute Gasteiger partial charge is 0.393 e. The van der Waals surface area contributed by atoms with Crippen molar-refractivity contribution in [3.63, 3.8) is 0 Å². The summed E-state index contributed by atoms with van der Waals surface area (Å²) in [5, 5.41) is 10.3. The van der Waals surface area contributed by atoms with Crippen molar-refractivity contribution in [3.05, 3.63) is 17.0 Å². The molecule has 0 bridgehead atoms. The Bertz CT molecular complexity index is 557. The number of likely N-dealkylation sites (tertiary alicyclic amines) is 1. The molecule has 0 saturated carbocycles. The molecule has 0 unspecified atom stereocenters. The van der Waals surface area contributed by atoms with Gasteiger partial charge in [0.05, 0.1) is 12.5 Å². The van der Waals surface area contributed by atoms with Gasteiger partial charge in [-0.2, -0.15) is 0 Å². The Morgan fingerprint density at radius 3 is 2.29 bits per heavy atom. The smallest absolute Gasteiger partial charge is 0.227 e. The summed E-state index contributed by atoms with van der Waals surface area (Å²) < 4.78 is 0. The molecular formula is C18H30N4O2. The fraction of sp³-hybridized carbons (Fsp3) is 0.722. The number of nitrogens with zero attached hydrogens (tertiary/aromatic N) is 3. The van der Waals surface area contributed by atoms with Gasteiger partial charge in [0.1, 0.15) is 0 Å². The van der Waals surface area contributed by atoms with Gasteiger partial charge in [0.15, 0.2) is 0 Å². The number of hydrogen-bond acceptors (Lipinski definition) is 5. The number of aliphatic hydroxyl groups is 1. The first-order chi connectivity index (χ1) is 11.3. The summed E-state index contributed by atoms with van der Waals surface area (Å²) in [4.78, 5) is 22.8. The molecule has 1 aliphatic rings. The SMILES string of the molecule is Cc1nc(N)nc(C)c1CC(=O)N1CCC([C@@H](O)CC(C)C)CC1. The number of aromatic nitrogens is 2. The van der Waals surface area contributed by atoms with Crippen LogP contribution in [0.2, 0.25) is 0 Å². The van der Waals surface area contributed by atoms with Crippen molar-refractivity contribution in [3.8, 4) is 0 Å². The van der Waals surface area contributed by atoms with Gasteiger partial charge >= 0.3 is 0 Å². The summed E-state index contributed by atoms with van der Waals surface area (Å²) in [5.41, 5.74) is 8.06. The topological polar surface area (TPSA) is 92.3 Å². The number of hydrogen-bond donors (Lipinski definition) is 2. The van der Waals surface area contributed by atoms with Gasteiger partial charge in [-0.05, 0) is 44.9 Å². The molecule has 0 aromatic carbocycles. The third-order valence-electron chi connectivity index (χ3n) is 4.92. The first kappa shape index (κ1) is 18.6. The van der Waals surface area contributed by atoms with Crippen molar-refractivity contribution in [2.24, 2.45) is 11.8 Å². The molecule has 1 aromatic heterocycles. The second-order valence-electron chi connectivity index (χ2n) is 7.32. The number of nitrogens with two attached hydrogens (primary N) is 1. The average Bonchev–Trinajstić information content (AvgIpc) is 2.50. The zero-order valence-corrected chi connectivity index (χ0v) is 15.2. The van der Waals surface area contributed by atoms with Crippen molar-refractivity contribution >= 4 is 11.9 Å². The molecule has 2 rings (SSSR count). The van der Waals surface area contributed by atoms with E-state index in [1.54, 1.807) is 0 Å². The summed E-state index contributed by atoms with van der Waals surface area (Å²) in [6.07, 6.45) is 2.64. The minimum atomic E-state index is -0.253. The molecule has 0 spiro atoms. The van der Waals surface area contributed by atoms with Gasteiger partial charge in [0.25, 0.3) is 0 Å². The van der Waals surface area contributed by atoms with Gasteiger partial charge in [0, 0.05) is 30.0 Å². The molecule has 3 N–H and O–H groups in total. The lowest BCUT2D eigenvalue weighted by atomic mass is 9.87. The number of rotatable bonds is 5. The Kier molecular flexibility index (Phi) is 6.15. The predicted octanol–water partition coefficient (Wildman–Crippen LogP) is 1.86. The third-order valence-corrected chi connectivity index (χ3v) is 4.92. The van der Waals surface area contributed by atoms with Crippen molar-refractivity contribution in [1.82, 2.24) is 14.9 Å². The lowest BCUT2D eigenvalue weighted by Crippen LogP contribution is -2.42. The number of nitrogen functional groups attached to an aromatic ring is 1. The van der Waals surface area contributed by atoms with Crippen LogP contribution in [0, 0.1) is 25.7 Å². The van der Waals surface area contributed by atoms with Crippen LogP contribution in [0.1, 0.15) is 50.1 Å². The summed E-state index contributed by atoms with van der Waals surface area (Å²) >= 11 is 0. The zero-order valence-electron chi connectivity index (χ0n) is 15.2. The van der Waals surface area contributed by atoms with Crippen LogP contribution in [-0.2, 0) is 11.2 Å². The van der Waals surface area contributed by atoms with Gasteiger partial charge < -0.3 is 15.7 Å². The van der Waals surface area contributed by atoms with E-state index >= 15 is 0 Å². The average molecular weight is 334 g/mol. The van der Waals surface area contributed by atoms with E-state index in [4.69, 9.17) is 5.73 Å². The number of carbonyl (C=O) groups excluding carboxylic acids is 1. The van der Waals surface area contributed by atoms with Crippen LogP contribution in [-0.4, -0.2) is 45.1 Å². The standard InChI is InChI=1S/C18H30N4O2/c1-11(2)9-16(23)14-5-7-22(8-6-14)17(24)10-15-12(3)20-18(19)21-13(15)4/h11,14,16,23H,5-10H2,1-4H3,(H2,19,20,21)/t16-/m0/s1. The maximum absolute atomic E-state index is 12.6. The molecule has 1 saturated heterocycles.